The van der Waals surface area contributed by atoms with Gasteiger partial charge in [0.15, 0.2) is 0 Å². The summed E-state index contributed by atoms with van der Waals surface area (Å²) in [4.78, 5) is 2.61. The van der Waals surface area contributed by atoms with E-state index in [4.69, 9.17) is 4.74 Å². The Bertz CT molecular complexity index is 263. The van der Waals surface area contributed by atoms with E-state index in [2.05, 4.69) is 24.1 Å². The molecule has 2 fully saturated rings. The molecule has 2 nitrogen and oxygen atoms in total. The lowest BCUT2D eigenvalue weighted by atomic mass is 9.74. The van der Waals surface area contributed by atoms with Gasteiger partial charge in [0, 0.05) is 31.0 Å². The fourth-order valence-electron chi connectivity index (χ4n) is 3.95. The van der Waals surface area contributed by atoms with Gasteiger partial charge in [-0.1, -0.05) is 12.2 Å². The van der Waals surface area contributed by atoms with Gasteiger partial charge in [-0.2, -0.15) is 0 Å². The molecule has 2 heteroatoms. The van der Waals surface area contributed by atoms with Crippen molar-refractivity contribution in [1.29, 1.82) is 0 Å². The number of hydrogen-bond acceptors (Lipinski definition) is 2. The van der Waals surface area contributed by atoms with E-state index in [1.807, 2.05) is 7.11 Å². The van der Waals surface area contributed by atoms with Crippen LogP contribution in [0.5, 0.6) is 0 Å². The minimum absolute atomic E-state index is 0.494. The SMILES string of the molecule is COC1C2C=CCC1C1CCC2N1C. The molecule has 2 saturated heterocycles. The Hall–Kier alpha value is -0.340. The number of rotatable bonds is 1. The van der Waals surface area contributed by atoms with Crippen molar-refractivity contribution >= 4 is 0 Å². The summed E-state index contributed by atoms with van der Waals surface area (Å²) in [5.41, 5.74) is 0. The second kappa shape index (κ2) is 3.07. The van der Waals surface area contributed by atoms with Crippen LogP contribution in [0.3, 0.4) is 0 Å². The molecule has 1 aliphatic carbocycles. The topological polar surface area (TPSA) is 12.5 Å². The van der Waals surface area contributed by atoms with E-state index < -0.39 is 0 Å². The molecule has 2 heterocycles. The molecular formula is C12H19NO. The normalized spacial score (nSPS) is 51.1. The largest absolute Gasteiger partial charge is 0.380 e. The Balaban J connectivity index is 1.99. The molecular weight excluding hydrogens is 174 g/mol. The van der Waals surface area contributed by atoms with Gasteiger partial charge in [0.05, 0.1) is 6.10 Å². The first-order chi connectivity index (χ1) is 6.83. The van der Waals surface area contributed by atoms with Gasteiger partial charge in [0.2, 0.25) is 0 Å². The third-order valence-electron chi connectivity index (χ3n) is 4.58. The molecule has 3 aliphatic rings. The highest BCUT2D eigenvalue weighted by molar-refractivity contribution is 5.15. The molecule has 3 rings (SSSR count). The first kappa shape index (κ1) is 8.93. The molecule has 5 unspecified atom stereocenters. The number of methoxy groups -OCH3 is 1. The van der Waals surface area contributed by atoms with Crippen LogP contribution in [-0.4, -0.2) is 37.2 Å². The van der Waals surface area contributed by atoms with Gasteiger partial charge in [-0.3, -0.25) is 4.90 Å². The van der Waals surface area contributed by atoms with E-state index in [1.165, 1.54) is 19.3 Å². The van der Waals surface area contributed by atoms with Crippen molar-refractivity contribution in [3.05, 3.63) is 12.2 Å². The molecule has 14 heavy (non-hydrogen) atoms. The van der Waals surface area contributed by atoms with Gasteiger partial charge >= 0.3 is 0 Å². The van der Waals surface area contributed by atoms with Crippen molar-refractivity contribution in [3.63, 3.8) is 0 Å². The summed E-state index contributed by atoms with van der Waals surface area (Å²) < 4.78 is 5.71. The summed E-state index contributed by atoms with van der Waals surface area (Å²) in [6.45, 7) is 0. The number of hydrogen-bond donors (Lipinski definition) is 0. The van der Waals surface area contributed by atoms with Crippen LogP contribution in [0.1, 0.15) is 19.3 Å². The zero-order valence-corrected chi connectivity index (χ0v) is 9.02. The molecule has 4 bridgehead atoms. The van der Waals surface area contributed by atoms with E-state index in [1.54, 1.807) is 0 Å². The van der Waals surface area contributed by atoms with Gasteiger partial charge < -0.3 is 4.74 Å². The van der Waals surface area contributed by atoms with E-state index in [0.717, 1.165) is 18.0 Å². The highest BCUT2D eigenvalue weighted by atomic mass is 16.5. The van der Waals surface area contributed by atoms with Crippen LogP contribution in [-0.2, 0) is 4.74 Å². The molecule has 0 radical (unpaired) electrons. The first-order valence-electron chi connectivity index (χ1n) is 5.74. The van der Waals surface area contributed by atoms with Crippen molar-refractivity contribution in [2.75, 3.05) is 14.2 Å². The number of piperidine rings is 1. The summed E-state index contributed by atoms with van der Waals surface area (Å²) in [7, 11) is 4.18. The van der Waals surface area contributed by atoms with Crippen LogP contribution in [0.2, 0.25) is 0 Å². The van der Waals surface area contributed by atoms with E-state index in [0.29, 0.717) is 12.0 Å². The molecule has 0 aromatic heterocycles. The zero-order chi connectivity index (χ0) is 9.71. The fourth-order valence-corrected chi connectivity index (χ4v) is 3.95. The third kappa shape index (κ3) is 0.986. The van der Waals surface area contributed by atoms with Crippen molar-refractivity contribution in [2.24, 2.45) is 11.8 Å². The highest BCUT2D eigenvalue weighted by Gasteiger charge is 2.51. The van der Waals surface area contributed by atoms with Crippen LogP contribution >= 0.6 is 0 Å². The monoisotopic (exact) mass is 193 g/mol. The smallest absolute Gasteiger partial charge is 0.0694 e. The molecule has 0 spiro atoms. The van der Waals surface area contributed by atoms with Crippen LogP contribution in [0.15, 0.2) is 12.2 Å². The minimum atomic E-state index is 0.494. The van der Waals surface area contributed by atoms with Crippen LogP contribution < -0.4 is 0 Å². The van der Waals surface area contributed by atoms with Crippen LogP contribution in [0, 0.1) is 11.8 Å². The third-order valence-corrected chi connectivity index (χ3v) is 4.58. The predicted molar refractivity (Wildman–Crippen MR) is 56.1 cm³/mol. The Labute approximate surface area is 85.9 Å². The molecule has 0 aromatic rings. The molecule has 78 valence electrons. The van der Waals surface area contributed by atoms with Gasteiger partial charge in [0.1, 0.15) is 0 Å². The van der Waals surface area contributed by atoms with Gasteiger partial charge in [0.25, 0.3) is 0 Å². The molecule has 5 atom stereocenters. The van der Waals surface area contributed by atoms with Crippen LogP contribution in [0.4, 0.5) is 0 Å². The number of allylic oxidation sites excluding steroid dienone is 1. The Morgan fingerprint density at radius 2 is 2.07 bits per heavy atom. The highest BCUT2D eigenvalue weighted by Crippen LogP contribution is 2.46. The lowest BCUT2D eigenvalue weighted by molar-refractivity contribution is -0.0664. The minimum Gasteiger partial charge on any atom is -0.380 e. The number of fused-ring (bicyclic) bond motifs is 6. The lowest BCUT2D eigenvalue weighted by Crippen LogP contribution is -2.55. The Kier molecular flexibility index (Phi) is 1.96. The standard InChI is InChI=1S/C12H19NO/c1-13-10-6-7-11(13)9-5-3-4-8(10)12(9)14-2/h3-4,8-12H,5-7H2,1-2H3. The molecule has 0 saturated carbocycles. The van der Waals surface area contributed by atoms with E-state index in [-0.39, 0.29) is 0 Å². The van der Waals surface area contributed by atoms with Crippen molar-refractivity contribution in [1.82, 2.24) is 4.90 Å². The maximum Gasteiger partial charge on any atom is 0.0694 e. The number of nitrogens with zero attached hydrogens (tertiary/aromatic N) is 1. The van der Waals surface area contributed by atoms with Crippen molar-refractivity contribution in [3.8, 4) is 0 Å². The van der Waals surface area contributed by atoms with E-state index in [9.17, 15) is 0 Å². The maximum absolute atomic E-state index is 5.71. The quantitative estimate of drug-likeness (QED) is 0.587. The second-order valence-corrected chi connectivity index (χ2v) is 4.98. The van der Waals surface area contributed by atoms with Gasteiger partial charge in [-0.15, -0.1) is 0 Å². The number of ether oxygens (including phenoxy) is 1. The maximum atomic E-state index is 5.71. The Morgan fingerprint density at radius 3 is 2.86 bits per heavy atom. The fraction of sp³-hybridized carbons (Fsp3) is 0.833. The average Bonchev–Trinajstić information content (AvgIpc) is 2.54. The average molecular weight is 193 g/mol. The van der Waals surface area contributed by atoms with E-state index >= 15 is 0 Å². The lowest BCUT2D eigenvalue weighted by Gasteiger charge is -2.48. The summed E-state index contributed by atoms with van der Waals surface area (Å²) in [6, 6.07) is 1.53. The first-order valence-corrected chi connectivity index (χ1v) is 5.74. The van der Waals surface area contributed by atoms with Crippen molar-refractivity contribution in [2.45, 2.75) is 37.5 Å². The summed E-state index contributed by atoms with van der Waals surface area (Å²) in [6.07, 6.45) is 9.23. The second-order valence-electron chi connectivity index (χ2n) is 4.98. The van der Waals surface area contributed by atoms with Gasteiger partial charge in [-0.25, -0.2) is 0 Å². The molecule has 0 aromatic carbocycles. The Morgan fingerprint density at radius 1 is 1.29 bits per heavy atom. The summed E-state index contributed by atoms with van der Waals surface area (Å²) in [5, 5.41) is 0. The zero-order valence-electron chi connectivity index (χ0n) is 9.02. The molecule has 2 aliphatic heterocycles. The molecule has 0 amide bonds. The molecule has 0 N–H and O–H groups in total. The van der Waals surface area contributed by atoms with Crippen LogP contribution in [0.25, 0.3) is 0 Å². The summed E-state index contributed by atoms with van der Waals surface area (Å²) >= 11 is 0. The van der Waals surface area contributed by atoms with Gasteiger partial charge in [-0.05, 0) is 26.3 Å². The summed E-state index contributed by atoms with van der Waals surface area (Å²) in [5.74, 6) is 1.40. The van der Waals surface area contributed by atoms with Crippen molar-refractivity contribution < 1.29 is 4.74 Å². The predicted octanol–water partition coefficient (Wildman–Crippen LogP) is 1.67.